The molecule has 1 saturated carbocycles. The largest absolute Gasteiger partial charge is 0.480 e. The van der Waals surface area contributed by atoms with Crippen LogP contribution in [0.15, 0.2) is 0 Å². The lowest BCUT2D eigenvalue weighted by molar-refractivity contribution is -0.141. The van der Waals surface area contributed by atoms with E-state index in [1.807, 2.05) is 14.1 Å². The number of likely N-dealkylation sites (N-methyl/N-ethyl adjacent to an activating group) is 1. The molecule has 0 radical (unpaired) electrons. The van der Waals surface area contributed by atoms with Gasteiger partial charge in [-0.2, -0.15) is 0 Å². The number of carboxylic acids is 1. The van der Waals surface area contributed by atoms with Crippen molar-refractivity contribution in [1.29, 1.82) is 0 Å². The highest BCUT2D eigenvalue weighted by Gasteiger charge is 2.38. The van der Waals surface area contributed by atoms with Crippen LogP contribution in [0, 0.1) is 0 Å². The van der Waals surface area contributed by atoms with Crippen LogP contribution >= 0.6 is 0 Å². The average molecular weight is 257 g/mol. The van der Waals surface area contributed by atoms with Gasteiger partial charge in [0.2, 0.25) is 5.91 Å². The number of amides is 1. The lowest BCUT2D eigenvalue weighted by Crippen LogP contribution is -2.58. The predicted octanol–water partition coefficient (Wildman–Crippen LogP) is -0.350. The maximum atomic E-state index is 10.9. The van der Waals surface area contributed by atoms with E-state index in [-0.39, 0.29) is 18.0 Å². The number of nitrogens with zero attached hydrogens (tertiary/aromatic N) is 1. The van der Waals surface area contributed by atoms with Crippen LogP contribution < -0.4 is 10.6 Å². The molecule has 1 rings (SSSR count). The third kappa shape index (κ3) is 3.68. The standard InChI is InChI=1S/C12H23N3O3/c1-9(16)14-10(11(17)18)7-13-8-12(15(2)3)5-4-6-12/h10,13H,4-8H2,1-3H3,(H,14,16)(H,17,18). The van der Waals surface area contributed by atoms with Gasteiger partial charge in [0.1, 0.15) is 6.04 Å². The molecule has 104 valence electrons. The minimum atomic E-state index is -1.01. The summed E-state index contributed by atoms with van der Waals surface area (Å²) in [6, 6.07) is -0.859. The summed E-state index contributed by atoms with van der Waals surface area (Å²) in [7, 11) is 4.09. The molecule has 1 amide bonds. The highest BCUT2D eigenvalue weighted by atomic mass is 16.4. The Morgan fingerprint density at radius 3 is 2.33 bits per heavy atom. The van der Waals surface area contributed by atoms with Gasteiger partial charge in [-0.15, -0.1) is 0 Å². The number of carbonyl (C=O) groups is 2. The summed E-state index contributed by atoms with van der Waals surface area (Å²) < 4.78 is 0. The first kappa shape index (κ1) is 14.9. The molecule has 1 aliphatic carbocycles. The number of carbonyl (C=O) groups excluding carboxylic acids is 1. The number of aliphatic carboxylic acids is 1. The van der Waals surface area contributed by atoms with E-state index >= 15 is 0 Å². The van der Waals surface area contributed by atoms with Crippen LogP contribution in [0.25, 0.3) is 0 Å². The average Bonchev–Trinajstić information content (AvgIpc) is 2.18. The molecule has 0 aromatic heterocycles. The number of nitrogens with one attached hydrogen (secondary N) is 2. The molecule has 0 bridgehead atoms. The topological polar surface area (TPSA) is 81.7 Å². The molecule has 0 aliphatic heterocycles. The highest BCUT2D eigenvalue weighted by Crippen LogP contribution is 2.35. The lowest BCUT2D eigenvalue weighted by Gasteiger charge is -2.47. The zero-order chi connectivity index (χ0) is 13.8. The molecule has 1 fully saturated rings. The third-order valence-electron chi connectivity index (χ3n) is 3.71. The van der Waals surface area contributed by atoms with E-state index in [0.29, 0.717) is 0 Å². The van der Waals surface area contributed by atoms with Crippen molar-refractivity contribution in [3.8, 4) is 0 Å². The third-order valence-corrected chi connectivity index (χ3v) is 3.71. The first-order chi connectivity index (χ1) is 8.37. The van der Waals surface area contributed by atoms with Crippen molar-refractivity contribution in [2.45, 2.75) is 37.8 Å². The van der Waals surface area contributed by atoms with Crippen molar-refractivity contribution in [3.63, 3.8) is 0 Å². The fraction of sp³-hybridized carbons (Fsp3) is 0.833. The van der Waals surface area contributed by atoms with E-state index in [1.54, 1.807) is 0 Å². The maximum Gasteiger partial charge on any atom is 0.327 e. The fourth-order valence-corrected chi connectivity index (χ4v) is 2.26. The summed E-state index contributed by atoms with van der Waals surface area (Å²) in [6.07, 6.45) is 3.48. The Bertz CT molecular complexity index is 314. The second kappa shape index (κ2) is 6.15. The van der Waals surface area contributed by atoms with Crippen LogP contribution in [0.1, 0.15) is 26.2 Å². The van der Waals surface area contributed by atoms with Crippen LogP contribution in [0.3, 0.4) is 0 Å². The van der Waals surface area contributed by atoms with Crippen LogP contribution in [-0.2, 0) is 9.59 Å². The predicted molar refractivity (Wildman–Crippen MR) is 68.4 cm³/mol. The van der Waals surface area contributed by atoms with Gasteiger partial charge in [0, 0.05) is 25.6 Å². The van der Waals surface area contributed by atoms with E-state index in [9.17, 15) is 9.59 Å². The summed E-state index contributed by atoms with van der Waals surface area (Å²) in [4.78, 5) is 24.0. The van der Waals surface area contributed by atoms with Gasteiger partial charge >= 0.3 is 5.97 Å². The van der Waals surface area contributed by atoms with Gasteiger partial charge < -0.3 is 20.6 Å². The first-order valence-corrected chi connectivity index (χ1v) is 6.25. The SMILES string of the molecule is CC(=O)NC(CNCC1(N(C)C)CCC1)C(=O)O. The quantitative estimate of drug-likeness (QED) is 0.581. The van der Waals surface area contributed by atoms with E-state index in [0.717, 1.165) is 19.4 Å². The molecule has 18 heavy (non-hydrogen) atoms. The van der Waals surface area contributed by atoms with Gasteiger partial charge in [-0.05, 0) is 33.4 Å². The summed E-state index contributed by atoms with van der Waals surface area (Å²) in [5, 5.41) is 14.5. The van der Waals surface area contributed by atoms with E-state index in [1.165, 1.54) is 13.3 Å². The summed E-state index contributed by atoms with van der Waals surface area (Å²) in [5.74, 6) is -1.33. The molecule has 1 atom stereocenters. The first-order valence-electron chi connectivity index (χ1n) is 6.25. The molecule has 1 aliphatic rings. The molecule has 3 N–H and O–H groups in total. The van der Waals surface area contributed by atoms with Gasteiger partial charge in [0.05, 0.1) is 0 Å². The van der Waals surface area contributed by atoms with Crippen molar-refractivity contribution in [2.75, 3.05) is 27.2 Å². The second-order valence-electron chi connectivity index (χ2n) is 5.19. The van der Waals surface area contributed by atoms with Crippen molar-refractivity contribution in [2.24, 2.45) is 0 Å². The maximum absolute atomic E-state index is 10.9. The molecular weight excluding hydrogens is 234 g/mol. The van der Waals surface area contributed by atoms with Crippen LogP contribution in [-0.4, -0.2) is 60.6 Å². The van der Waals surface area contributed by atoms with Gasteiger partial charge in [-0.1, -0.05) is 0 Å². The molecule has 0 heterocycles. The van der Waals surface area contributed by atoms with Crippen molar-refractivity contribution < 1.29 is 14.7 Å². The highest BCUT2D eigenvalue weighted by molar-refractivity contribution is 5.82. The number of hydrogen-bond donors (Lipinski definition) is 3. The van der Waals surface area contributed by atoms with Crippen molar-refractivity contribution >= 4 is 11.9 Å². The van der Waals surface area contributed by atoms with Gasteiger partial charge in [-0.25, -0.2) is 4.79 Å². The van der Waals surface area contributed by atoms with E-state index in [4.69, 9.17) is 5.11 Å². The minimum absolute atomic E-state index is 0.152. The Morgan fingerprint density at radius 2 is 2.00 bits per heavy atom. The van der Waals surface area contributed by atoms with Gasteiger partial charge in [-0.3, -0.25) is 4.79 Å². The minimum Gasteiger partial charge on any atom is -0.480 e. The molecule has 0 aromatic carbocycles. The molecule has 0 spiro atoms. The van der Waals surface area contributed by atoms with Gasteiger partial charge in [0.15, 0.2) is 0 Å². The molecule has 6 heteroatoms. The van der Waals surface area contributed by atoms with E-state index < -0.39 is 12.0 Å². The summed E-state index contributed by atoms with van der Waals surface area (Å²) in [5.41, 5.74) is 0.152. The van der Waals surface area contributed by atoms with Crippen molar-refractivity contribution in [3.05, 3.63) is 0 Å². The van der Waals surface area contributed by atoms with Crippen molar-refractivity contribution in [1.82, 2.24) is 15.5 Å². The normalized spacial score (nSPS) is 19.1. The zero-order valence-electron chi connectivity index (χ0n) is 11.3. The number of carboxylic acid groups (broad SMARTS) is 1. The second-order valence-corrected chi connectivity index (χ2v) is 5.19. The Morgan fingerprint density at radius 1 is 1.39 bits per heavy atom. The van der Waals surface area contributed by atoms with E-state index in [2.05, 4.69) is 15.5 Å². The molecule has 0 saturated heterocycles. The van der Waals surface area contributed by atoms with Gasteiger partial charge in [0.25, 0.3) is 0 Å². The Hall–Kier alpha value is -1.14. The van der Waals surface area contributed by atoms with Crippen LogP contribution in [0.5, 0.6) is 0 Å². The molecule has 1 unspecified atom stereocenters. The Kier molecular flexibility index (Phi) is 5.10. The summed E-state index contributed by atoms with van der Waals surface area (Å²) >= 11 is 0. The zero-order valence-corrected chi connectivity index (χ0v) is 11.3. The Labute approximate surface area is 108 Å². The van der Waals surface area contributed by atoms with Crippen LogP contribution in [0.4, 0.5) is 0 Å². The monoisotopic (exact) mass is 257 g/mol. The number of hydrogen-bond acceptors (Lipinski definition) is 4. The Balaban J connectivity index is 2.38. The lowest BCUT2D eigenvalue weighted by atomic mass is 9.75. The van der Waals surface area contributed by atoms with Crippen LogP contribution in [0.2, 0.25) is 0 Å². The molecule has 6 nitrogen and oxygen atoms in total. The summed E-state index contributed by atoms with van der Waals surface area (Å²) in [6.45, 7) is 2.33. The molecule has 0 aromatic rings. The smallest absolute Gasteiger partial charge is 0.327 e. The molecular formula is C12H23N3O3. The number of rotatable bonds is 7. The fourth-order valence-electron chi connectivity index (χ4n) is 2.26.